The van der Waals surface area contributed by atoms with Crippen LogP contribution in [0.1, 0.15) is 25.5 Å². The van der Waals surface area contributed by atoms with E-state index in [0.717, 1.165) is 10.0 Å². The fourth-order valence-electron chi connectivity index (χ4n) is 1.53. The van der Waals surface area contributed by atoms with Gasteiger partial charge in [-0.05, 0) is 31.5 Å². The van der Waals surface area contributed by atoms with Crippen LogP contribution in [0.15, 0.2) is 28.7 Å². The van der Waals surface area contributed by atoms with E-state index < -0.39 is 18.0 Å². The molecule has 1 aromatic carbocycles. The van der Waals surface area contributed by atoms with Gasteiger partial charge in [-0.3, -0.25) is 15.4 Å². The van der Waals surface area contributed by atoms with Gasteiger partial charge in [0.05, 0.1) is 6.04 Å². The monoisotopic (exact) mass is 313 g/mol. The molecule has 3 amide bonds. The molecule has 6 heteroatoms. The minimum Gasteiger partial charge on any atom is -0.351 e. The number of hydrogen-bond donors (Lipinski definition) is 3. The van der Waals surface area contributed by atoms with Crippen molar-refractivity contribution >= 4 is 27.9 Å². The highest BCUT2D eigenvalue weighted by Gasteiger charge is 2.17. The summed E-state index contributed by atoms with van der Waals surface area (Å²) in [6, 6.07) is 6.43. The summed E-state index contributed by atoms with van der Waals surface area (Å²) in [4.78, 5) is 22.1. The summed E-state index contributed by atoms with van der Waals surface area (Å²) < 4.78 is 0.998. The third-order valence-corrected chi connectivity index (χ3v) is 3.04. The molecule has 0 aliphatic rings. The topological polar surface area (TPSA) is 84.2 Å². The van der Waals surface area contributed by atoms with Crippen LogP contribution in [-0.4, -0.2) is 18.0 Å². The maximum atomic E-state index is 11.5. The standard InChI is InChI=1S/C12H16BrN3O2/c1-7(9-3-5-10(13)6-4-9)15-8(2)11(17)16-12(14)18/h3-8,15H,1-2H3,(H3,14,16,17,18)/t7-,8?/m0/s1. The van der Waals surface area contributed by atoms with Crippen LogP contribution in [0.3, 0.4) is 0 Å². The Kier molecular flexibility index (Phi) is 5.30. The number of amides is 3. The van der Waals surface area contributed by atoms with Crippen molar-refractivity contribution in [3.05, 3.63) is 34.3 Å². The second kappa shape index (κ2) is 6.51. The minimum atomic E-state index is -0.843. The van der Waals surface area contributed by atoms with Gasteiger partial charge < -0.3 is 5.73 Å². The first-order chi connectivity index (χ1) is 8.40. The molecule has 2 atom stereocenters. The predicted octanol–water partition coefficient (Wildman–Crippen LogP) is 1.68. The van der Waals surface area contributed by atoms with Crippen LogP contribution in [-0.2, 0) is 4.79 Å². The van der Waals surface area contributed by atoms with Gasteiger partial charge in [-0.1, -0.05) is 28.1 Å². The lowest BCUT2D eigenvalue weighted by Crippen LogP contribution is -2.47. The molecule has 1 rings (SSSR count). The summed E-state index contributed by atoms with van der Waals surface area (Å²) in [7, 11) is 0. The van der Waals surface area contributed by atoms with E-state index in [2.05, 4.69) is 21.2 Å². The van der Waals surface area contributed by atoms with Crippen molar-refractivity contribution in [1.29, 1.82) is 0 Å². The molecule has 5 nitrogen and oxygen atoms in total. The fourth-order valence-corrected chi connectivity index (χ4v) is 1.79. The van der Waals surface area contributed by atoms with Crippen molar-refractivity contribution in [1.82, 2.24) is 10.6 Å². The Bertz CT molecular complexity index is 433. The molecular weight excluding hydrogens is 298 g/mol. The summed E-state index contributed by atoms with van der Waals surface area (Å²) in [6.45, 7) is 3.62. The Hall–Kier alpha value is -1.40. The van der Waals surface area contributed by atoms with Crippen LogP contribution < -0.4 is 16.4 Å². The number of imide groups is 1. The molecular formula is C12H16BrN3O2. The van der Waals surface area contributed by atoms with E-state index in [4.69, 9.17) is 5.73 Å². The van der Waals surface area contributed by atoms with Gasteiger partial charge in [0.2, 0.25) is 5.91 Å². The molecule has 0 aromatic heterocycles. The van der Waals surface area contributed by atoms with E-state index in [-0.39, 0.29) is 6.04 Å². The maximum Gasteiger partial charge on any atom is 0.318 e. The third kappa shape index (κ3) is 4.46. The van der Waals surface area contributed by atoms with Gasteiger partial charge in [0, 0.05) is 10.5 Å². The second-order valence-corrected chi connectivity index (χ2v) is 4.93. The van der Waals surface area contributed by atoms with Gasteiger partial charge in [0.15, 0.2) is 0 Å². The molecule has 0 aliphatic carbocycles. The van der Waals surface area contributed by atoms with Gasteiger partial charge in [-0.25, -0.2) is 4.79 Å². The first kappa shape index (κ1) is 14.7. The van der Waals surface area contributed by atoms with Gasteiger partial charge in [0.1, 0.15) is 0 Å². The van der Waals surface area contributed by atoms with E-state index >= 15 is 0 Å². The predicted molar refractivity (Wildman–Crippen MR) is 72.9 cm³/mol. The van der Waals surface area contributed by atoms with E-state index in [1.54, 1.807) is 6.92 Å². The maximum absolute atomic E-state index is 11.5. The van der Waals surface area contributed by atoms with Crippen LogP contribution in [0, 0.1) is 0 Å². The highest BCUT2D eigenvalue weighted by molar-refractivity contribution is 9.10. The zero-order valence-corrected chi connectivity index (χ0v) is 11.8. The van der Waals surface area contributed by atoms with Gasteiger partial charge in [0.25, 0.3) is 0 Å². The Morgan fingerprint density at radius 3 is 2.28 bits per heavy atom. The molecule has 0 saturated heterocycles. The van der Waals surface area contributed by atoms with E-state index in [0.29, 0.717) is 0 Å². The number of carbonyl (C=O) groups excluding carboxylic acids is 2. The van der Waals surface area contributed by atoms with E-state index in [9.17, 15) is 9.59 Å². The molecule has 0 saturated carbocycles. The number of primary amides is 1. The van der Waals surface area contributed by atoms with Gasteiger partial charge >= 0.3 is 6.03 Å². The van der Waals surface area contributed by atoms with Gasteiger partial charge in [-0.15, -0.1) is 0 Å². The summed E-state index contributed by atoms with van der Waals surface area (Å²) in [5.74, 6) is -0.438. The Morgan fingerprint density at radius 2 is 1.78 bits per heavy atom. The second-order valence-electron chi connectivity index (χ2n) is 4.02. The van der Waals surface area contributed by atoms with Crippen molar-refractivity contribution < 1.29 is 9.59 Å². The summed E-state index contributed by atoms with van der Waals surface area (Å²) in [5, 5.41) is 5.12. The molecule has 0 spiro atoms. The third-order valence-electron chi connectivity index (χ3n) is 2.51. The van der Waals surface area contributed by atoms with E-state index in [1.807, 2.05) is 36.5 Å². The number of benzene rings is 1. The quantitative estimate of drug-likeness (QED) is 0.790. The van der Waals surface area contributed by atoms with Crippen molar-refractivity contribution in [2.24, 2.45) is 5.73 Å². The largest absolute Gasteiger partial charge is 0.351 e. The Morgan fingerprint density at radius 1 is 1.22 bits per heavy atom. The molecule has 18 heavy (non-hydrogen) atoms. The number of hydrogen-bond acceptors (Lipinski definition) is 3. The van der Waals surface area contributed by atoms with Crippen LogP contribution in [0.4, 0.5) is 4.79 Å². The van der Waals surface area contributed by atoms with Crippen LogP contribution in [0.25, 0.3) is 0 Å². The van der Waals surface area contributed by atoms with Crippen molar-refractivity contribution in [3.63, 3.8) is 0 Å². The van der Waals surface area contributed by atoms with Crippen LogP contribution >= 0.6 is 15.9 Å². The number of halogens is 1. The Labute approximate surface area is 114 Å². The van der Waals surface area contributed by atoms with Crippen molar-refractivity contribution in [3.8, 4) is 0 Å². The fraction of sp³-hybridized carbons (Fsp3) is 0.333. The molecule has 0 bridgehead atoms. The molecule has 0 heterocycles. The average Bonchev–Trinajstić information content (AvgIpc) is 2.28. The lowest BCUT2D eigenvalue weighted by atomic mass is 10.1. The summed E-state index contributed by atoms with van der Waals surface area (Å²) >= 11 is 3.36. The molecule has 0 fully saturated rings. The first-order valence-electron chi connectivity index (χ1n) is 5.52. The number of carbonyl (C=O) groups is 2. The smallest absolute Gasteiger partial charge is 0.318 e. The highest BCUT2D eigenvalue weighted by atomic mass is 79.9. The molecule has 0 aliphatic heterocycles. The SMILES string of the molecule is CC(N[C@@H](C)c1ccc(Br)cc1)C(=O)NC(N)=O. The highest BCUT2D eigenvalue weighted by Crippen LogP contribution is 2.16. The number of nitrogens with one attached hydrogen (secondary N) is 2. The Balaban J connectivity index is 2.58. The lowest BCUT2D eigenvalue weighted by Gasteiger charge is -2.19. The zero-order chi connectivity index (χ0) is 13.7. The average molecular weight is 314 g/mol. The number of nitrogens with two attached hydrogens (primary N) is 1. The lowest BCUT2D eigenvalue weighted by molar-refractivity contribution is -0.121. The molecule has 4 N–H and O–H groups in total. The first-order valence-corrected chi connectivity index (χ1v) is 6.31. The zero-order valence-electron chi connectivity index (χ0n) is 10.2. The summed E-state index contributed by atoms with van der Waals surface area (Å²) in [5.41, 5.74) is 5.94. The van der Waals surface area contributed by atoms with Crippen molar-refractivity contribution in [2.45, 2.75) is 25.9 Å². The van der Waals surface area contributed by atoms with Crippen LogP contribution in [0.5, 0.6) is 0 Å². The van der Waals surface area contributed by atoms with Gasteiger partial charge in [-0.2, -0.15) is 0 Å². The molecule has 1 aromatic rings. The summed E-state index contributed by atoms with van der Waals surface area (Å²) in [6.07, 6.45) is 0. The molecule has 1 unspecified atom stereocenters. The normalized spacial score (nSPS) is 13.7. The molecule has 98 valence electrons. The van der Waals surface area contributed by atoms with Crippen LogP contribution in [0.2, 0.25) is 0 Å². The van der Waals surface area contributed by atoms with E-state index in [1.165, 1.54) is 0 Å². The minimum absolute atomic E-state index is 0.00766. The molecule has 0 radical (unpaired) electrons. The van der Waals surface area contributed by atoms with Crippen molar-refractivity contribution in [2.75, 3.05) is 0 Å². The number of urea groups is 1. The number of rotatable bonds is 4.